The number of fused-ring (bicyclic) bond motifs is 1. The number of piperidine rings is 1. The van der Waals surface area contributed by atoms with Gasteiger partial charge in [0.2, 0.25) is 0 Å². The molecule has 0 aromatic carbocycles. The number of thiophene rings is 1. The van der Waals surface area contributed by atoms with Gasteiger partial charge in [-0.2, -0.15) is 0 Å². The van der Waals surface area contributed by atoms with Crippen molar-refractivity contribution in [3.05, 3.63) is 17.3 Å². The maximum atomic E-state index is 5.99. The summed E-state index contributed by atoms with van der Waals surface area (Å²) in [6.07, 6.45) is 4.06. The Morgan fingerprint density at radius 2 is 1.96 bits per heavy atom. The van der Waals surface area contributed by atoms with Crippen LogP contribution in [0.4, 0.5) is 5.82 Å². The summed E-state index contributed by atoms with van der Waals surface area (Å²) in [5, 5.41) is 1.22. The maximum Gasteiger partial charge on any atom is 0.140 e. The molecule has 2 fully saturated rings. The molecule has 0 bridgehead atoms. The van der Waals surface area contributed by atoms with Crippen molar-refractivity contribution < 1.29 is 9.47 Å². The zero-order valence-corrected chi connectivity index (χ0v) is 17.9. The Morgan fingerprint density at radius 3 is 2.71 bits per heavy atom. The van der Waals surface area contributed by atoms with Crippen LogP contribution in [0.3, 0.4) is 0 Å². The topological polar surface area (TPSA) is 50.7 Å². The van der Waals surface area contributed by atoms with Crippen LogP contribution in [0.25, 0.3) is 10.2 Å². The Bertz CT molecular complexity index is 752. The first-order valence-electron chi connectivity index (χ1n) is 10.6. The van der Waals surface area contributed by atoms with Crippen LogP contribution < -0.4 is 4.90 Å². The molecule has 0 unspecified atom stereocenters. The van der Waals surface area contributed by atoms with Crippen LogP contribution in [0, 0.1) is 5.92 Å². The Kier molecular flexibility index (Phi) is 6.77. The van der Waals surface area contributed by atoms with E-state index in [2.05, 4.69) is 39.7 Å². The predicted molar refractivity (Wildman–Crippen MR) is 115 cm³/mol. The second-order valence-electron chi connectivity index (χ2n) is 8.18. The van der Waals surface area contributed by atoms with Crippen LogP contribution in [0.5, 0.6) is 0 Å². The van der Waals surface area contributed by atoms with Crippen LogP contribution >= 0.6 is 11.3 Å². The summed E-state index contributed by atoms with van der Waals surface area (Å²) in [7, 11) is 0. The minimum Gasteiger partial charge on any atom is -0.380 e. The Morgan fingerprint density at radius 1 is 1.18 bits per heavy atom. The lowest BCUT2D eigenvalue weighted by molar-refractivity contribution is 0.0144. The highest BCUT2D eigenvalue weighted by molar-refractivity contribution is 7.18. The SMILES string of the molecule is CC(C)c1cc2c(N3CCC(COCCN4CCOCC4)CC3)ncnc2s1. The van der Waals surface area contributed by atoms with E-state index < -0.39 is 0 Å². The van der Waals surface area contributed by atoms with Gasteiger partial charge in [0, 0.05) is 44.2 Å². The van der Waals surface area contributed by atoms with E-state index in [1.807, 2.05) is 0 Å². The Balaban J connectivity index is 1.25. The number of hydrogen-bond donors (Lipinski definition) is 0. The fraction of sp³-hybridized carbons (Fsp3) is 0.714. The lowest BCUT2D eigenvalue weighted by atomic mass is 9.97. The Labute approximate surface area is 171 Å². The highest BCUT2D eigenvalue weighted by atomic mass is 32.1. The van der Waals surface area contributed by atoms with Crippen molar-refractivity contribution in [3.8, 4) is 0 Å². The second kappa shape index (κ2) is 9.48. The number of hydrogen-bond acceptors (Lipinski definition) is 7. The van der Waals surface area contributed by atoms with Crippen molar-refractivity contribution in [2.45, 2.75) is 32.6 Å². The quantitative estimate of drug-likeness (QED) is 0.660. The summed E-state index contributed by atoms with van der Waals surface area (Å²) >= 11 is 1.80. The number of anilines is 1. The molecule has 0 saturated carbocycles. The van der Waals surface area contributed by atoms with Gasteiger partial charge >= 0.3 is 0 Å². The molecule has 0 amide bonds. The van der Waals surface area contributed by atoms with E-state index in [1.54, 1.807) is 17.7 Å². The molecule has 2 aliphatic rings. The first-order chi connectivity index (χ1) is 13.7. The van der Waals surface area contributed by atoms with Gasteiger partial charge in [-0.3, -0.25) is 4.90 Å². The highest BCUT2D eigenvalue weighted by Gasteiger charge is 2.23. The fourth-order valence-corrected chi connectivity index (χ4v) is 4.97. The maximum absolute atomic E-state index is 5.99. The first kappa shape index (κ1) is 20.0. The lowest BCUT2D eigenvalue weighted by Crippen LogP contribution is -2.39. The number of ether oxygens (including phenoxy) is 2. The molecule has 4 heterocycles. The summed E-state index contributed by atoms with van der Waals surface area (Å²) in [5.41, 5.74) is 0. The zero-order valence-electron chi connectivity index (χ0n) is 17.1. The molecule has 0 aliphatic carbocycles. The van der Waals surface area contributed by atoms with E-state index in [-0.39, 0.29) is 0 Å². The molecule has 0 N–H and O–H groups in total. The van der Waals surface area contributed by atoms with Crippen molar-refractivity contribution in [1.29, 1.82) is 0 Å². The fourth-order valence-electron chi connectivity index (χ4n) is 3.98. The van der Waals surface area contributed by atoms with E-state index >= 15 is 0 Å². The second-order valence-corrected chi connectivity index (χ2v) is 9.24. The van der Waals surface area contributed by atoms with Gasteiger partial charge in [0.1, 0.15) is 17.0 Å². The molecule has 0 atom stereocenters. The molecule has 0 spiro atoms. The average molecular weight is 405 g/mol. The minimum atomic E-state index is 0.535. The van der Waals surface area contributed by atoms with Crippen molar-refractivity contribution >= 4 is 27.4 Å². The largest absolute Gasteiger partial charge is 0.380 e. The van der Waals surface area contributed by atoms with Crippen LogP contribution in [0.1, 0.15) is 37.5 Å². The van der Waals surface area contributed by atoms with Crippen molar-refractivity contribution in [3.63, 3.8) is 0 Å². The first-order valence-corrected chi connectivity index (χ1v) is 11.4. The molecule has 4 rings (SSSR count). The average Bonchev–Trinajstić information content (AvgIpc) is 3.17. The van der Waals surface area contributed by atoms with E-state index in [0.29, 0.717) is 11.8 Å². The predicted octanol–water partition coefficient (Wildman–Crippen LogP) is 3.38. The lowest BCUT2D eigenvalue weighted by Gasteiger charge is -2.33. The van der Waals surface area contributed by atoms with Gasteiger partial charge in [-0.15, -0.1) is 11.3 Å². The van der Waals surface area contributed by atoms with Crippen molar-refractivity contribution in [2.24, 2.45) is 5.92 Å². The number of aromatic nitrogens is 2. The molecule has 2 aliphatic heterocycles. The van der Waals surface area contributed by atoms with Gasteiger partial charge in [0.25, 0.3) is 0 Å². The number of morpholine rings is 1. The van der Waals surface area contributed by atoms with Crippen LogP contribution in [-0.4, -0.2) is 74.0 Å². The standard InChI is InChI=1S/C21H32N4O2S/c1-16(2)19-13-18-20(22-15-23-21(18)28-19)25-5-3-17(4-6-25)14-27-12-9-24-7-10-26-11-8-24/h13,15-17H,3-12,14H2,1-2H3. The minimum absolute atomic E-state index is 0.535. The number of rotatable bonds is 7. The summed E-state index contributed by atoms with van der Waals surface area (Å²) in [6, 6.07) is 2.29. The van der Waals surface area contributed by atoms with E-state index in [0.717, 1.165) is 69.8 Å². The van der Waals surface area contributed by atoms with Crippen LogP contribution in [-0.2, 0) is 9.47 Å². The molecule has 7 heteroatoms. The summed E-state index contributed by atoms with van der Waals surface area (Å²) in [5.74, 6) is 2.30. The monoisotopic (exact) mass is 404 g/mol. The summed E-state index contributed by atoms with van der Waals surface area (Å²) < 4.78 is 11.4. The van der Waals surface area contributed by atoms with E-state index in [1.165, 1.54) is 23.1 Å². The van der Waals surface area contributed by atoms with E-state index in [4.69, 9.17) is 9.47 Å². The molecular weight excluding hydrogens is 372 g/mol. The van der Waals surface area contributed by atoms with Gasteiger partial charge < -0.3 is 14.4 Å². The third-order valence-electron chi connectivity index (χ3n) is 5.82. The highest BCUT2D eigenvalue weighted by Crippen LogP contribution is 2.35. The molecule has 6 nitrogen and oxygen atoms in total. The Hall–Kier alpha value is -1.28. The summed E-state index contributed by atoms with van der Waals surface area (Å²) in [6.45, 7) is 13.1. The third-order valence-corrected chi connectivity index (χ3v) is 7.16. The molecule has 154 valence electrons. The van der Waals surface area contributed by atoms with Gasteiger partial charge in [0.05, 0.1) is 25.2 Å². The normalized spacial score (nSPS) is 19.8. The van der Waals surface area contributed by atoms with Gasteiger partial charge in [-0.05, 0) is 30.7 Å². The van der Waals surface area contributed by atoms with Gasteiger partial charge in [0.15, 0.2) is 0 Å². The molecule has 2 aromatic heterocycles. The van der Waals surface area contributed by atoms with Gasteiger partial charge in [-0.1, -0.05) is 13.8 Å². The molecule has 2 aromatic rings. The molecule has 28 heavy (non-hydrogen) atoms. The van der Waals surface area contributed by atoms with Crippen molar-refractivity contribution in [2.75, 3.05) is 64.1 Å². The number of nitrogens with zero attached hydrogens (tertiary/aromatic N) is 4. The van der Waals surface area contributed by atoms with Crippen LogP contribution in [0.15, 0.2) is 12.4 Å². The van der Waals surface area contributed by atoms with Crippen molar-refractivity contribution in [1.82, 2.24) is 14.9 Å². The molecular formula is C21H32N4O2S. The van der Waals surface area contributed by atoms with Gasteiger partial charge in [-0.25, -0.2) is 9.97 Å². The molecule has 2 saturated heterocycles. The van der Waals surface area contributed by atoms with Crippen LogP contribution in [0.2, 0.25) is 0 Å². The zero-order chi connectivity index (χ0) is 19.3. The third kappa shape index (κ3) is 4.82. The smallest absolute Gasteiger partial charge is 0.140 e. The summed E-state index contributed by atoms with van der Waals surface area (Å²) in [4.78, 5) is 16.5. The van der Waals surface area contributed by atoms with E-state index in [9.17, 15) is 0 Å². The molecule has 0 radical (unpaired) electrons.